The van der Waals surface area contributed by atoms with Crippen LogP contribution >= 0.6 is 0 Å². The minimum absolute atomic E-state index is 0.0888. The van der Waals surface area contributed by atoms with Gasteiger partial charge in [-0.05, 0) is 37.1 Å². The average Bonchev–Trinajstić information content (AvgIpc) is 2.92. The Morgan fingerprint density at radius 2 is 1.68 bits per heavy atom. The number of halogens is 3. The predicted molar refractivity (Wildman–Crippen MR) is 89.2 cm³/mol. The van der Waals surface area contributed by atoms with Gasteiger partial charge >= 0.3 is 0 Å². The molecule has 1 aromatic heterocycles. The van der Waals surface area contributed by atoms with E-state index in [1.807, 2.05) is 6.07 Å². The number of nitrogens with one attached hydrogen (secondary N) is 1. The molecule has 0 spiro atoms. The molecule has 0 aliphatic carbocycles. The summed E-state index contributed by atoms with van der Waals surface area (Å²) >= 11 is 0. The van der Waals surface area contributed by atoms with Crippen molar-refractivity contribution in [1.82, 2.24) is 4.98 Å². The molecule has 0 unspecified atom stereocenters. The lowest BCUT2D eigenvalue weighted by atomic mass is 10.2. The predicted octanol–water partition coefficient (Wildman–Crippen LogP) is 4.13. The molecular formula is C18H18F3N3O. The van der Waals surface area contributed by atoms with E-state index in [0.29, 0.717) is 5.82 Å². The van der Waals surface area contributed by atoms with Crippen LogP contribution in [0, 0.1) is 17.5 Å². The first-order chi connectivity index (χ1) is 12.1. The normalized spacial score (nSPS) is 14.9. The first-order valence-electron chi connectivity index (χ1n) is 8.23. The van der Waals surface area contributed by atoms with Crippen molar-refractivity contribution in [2.75, 3.05) is 23.3 Å². The topological polar surface area (TPSA) is 45.2 Å². The summed E-state index contributed by atoms with van der Waals surface area (Å²) in [6, 6.07) is 6.75. The number of benzene rings is 1. The number of rotatable bonds is 3. The van der Waals surface area contributed by atoms with Crippen LogP contribution in [-0.2, 0) is 0 Å². The van der Waals surface area contributed by atoms with E-state index >= 15 is 0 Å². The summed E-state index contributed by atoms with van der Waals surface area (Å²) in [5.74, 6) is -4.36. The highest BCUT2D eigenvalue weighted by Gasteiger charge is 2.18. The van der Waals surface area contributed by atoms with E-state index in [4.69, 9.17) is 0 Å². The van der Waals surface area contributed by atoms with Crippen LogP contribution in [0.15, 0.2) is 30.3 Å². The summed E-state index contributed by atoms with van der Waals surface area (Å²) in [6.45, 7) is 1.74. The quantitative estimate of drug-likeness (QED) is 0.848. The molecule has 1 aromatic carbocycles. The molecule has 25 heavy (non-hydrogen) atoms. The van der Waals surface area contributed by atoms with Gasteiger partial charge in [-0.25, -0.2) is 18.2 Å². The van der Waals surface area contributed by atoms with Gasteiger partial charge in [-0.2, -0.15) is 0 Å². The number of carbonyl (C=O) groups excluding carboxylic acids is 1. The zero-order valence-corrected chi connectivity index (χ0v) is 13.6. The molecule has 1 N–H and O–H groups in total. The Morgan fingerprint density at radius 3 is 2.40 bits per heavy atom. The zero-order valence-electron chi connectivity index (χ0n) is 13.6. The van der Waals surface area contributed by atoms with Gasteiger partial charge in [0.15, 0.2) is 17.5 Å². The molecule has 2 heterocycles. The number of nitrogens with zero attached hydrogens (tertiary/aromatic N) is 2. The van der Waals surface area contributed by atoms with E-state index in [2.05, 4.69) is 15.2 Å². The molecule has 0 atom stereocenters. The van der Waals surface area contributed by atoms with E-state index in [1.54, 1.807) is 6.07 Å². The van der Waals surface area contributed by atoms with Crippen LogP contribution in [0.3, 0.4) is 0 Å². The fraction of sp³-hybridized carbons (Fsp3) is 0.333. The highest BCUT2D eigenvalue weighted by Crippen LogP contribution is 2.21. The molecule has 1 aliphatic rings. The number of hydrogen-bond acceptors (Lipinski definition) is 3. The Kier molecular flexibility index (Phi) is 5.21. The minimum Gasteiger partial charge on any atom is -0.357 e. The lowest BCUT2D eigenvalue weighted by Gasteiger charge is -2.21. The monoisotopic (exact) mass is 349 g/mol. The number of anilines is 2. The first-order valence-corrected chi connectivity index (χ1v) is 8.23. The largest absolute Gasteiger partial charge is 0.357 e. The van der Waals surface area contributed by atoms with Crippen LogP contribution in [0.25, 0.3) is 0 Å². The van der Waals surface area contributed by atoms with Gasteiger partial charge in [-0.1, -0.05) is 18.9 Å². The van der Waals surface area contributed by atoms with Crippen LogP contribution in [0.5, 0.6) is 0 Å². The van der Waals surface area contributed by atoms with Gasteiger partial charge in [0.2, 0.25) is 0 Å². The Bertz CT molecular complexity index is 774. The summed E-state index contributed by atoms with van der Waals surface area (Å²) in [4.78, 5) is 18.7. The number of hydrogen-bond donors (Lipinski definition) is 1. The Balaban J connectivity index is 1.78. The summed E-state index contributed by atoms with van der Waals surface area (Å²) in [5, 5.41) is 2.24. The lowest BCUT2D eigenvalue weighted by molar-refractivity contribution is 0.102. The van der Waals surface area contributed by atoms with E-state index in [0.717, 1.165) is 38.1 Å². The molecule has 4 nitrogen and oxygen atoms in total. The molecule has 0 bridgehead atoms. The Labute approximate surface area is 143 Å². The fourth-order valence-electron chi connectivity index (χ4n) is 2.83. The van der Waals surface area contributed by atoms with Gasteiger partial charge < -0.3 is 10.2 Å². The van der Waals surface area contributed by atoms with Crippen molar-refractivity contribution in [1.29, 1.82) is 0 Å². The molecule has 7 heteroatoms. The summed E-state index contributed by atoms with van der Waals surface area (Å²) in [5.41, 5.74) is -0.336. The van der Waals surface area contributed by atoms with Crippen molar-refractivity contribution in [3.05, 3.63) is 53.5 Å². The van der Waals surface area contributed by atoms with Crippen molar-refractivity contribution < 1.29 is 18.0 Å². The van der Waals surface area contributed by atoms with Crippen LogP contribution in [0.1, 0.15) is 36.2 Å². The molecule has 1 amide bonds. The number of pyridine rings is 1. The van der Waals surface area contributed by atoms with Gasteiger partial charge in [0.25, 0.3) is 5.91 Å². The van der Waals surface area contributed by atoms with Crippen molar-refractivity contribution in [2.24, 2.45) is 0 Å². The highest BCUT2D eigenvalue weighted by molar-refractivity contribution is 6.03. The van der Waals surface area contributed by atoms with Crippen molar-refractivity contribution in [3.8, 4) is 0 Å². The number of carbonyl (C=O) groups is 1. The van der Waals surface area contributed by atoms with Gasteiger partial charge in [0.05, 0.1) is 5.69 Å². The molecule has 1 saturated heterocycles. The average molecular weight is 349 g/mol. The van der Waals surface area contributed by atoms with E-state index in [-0.39, 0.29) is 5.69 Å². The van der Waals surface area contributed by atoms with E-state index in [9.17, 15) is 18.0 Å². The highest BCUT2D eigenvalue weighted by atomic mass is 19.2. The second-order valence-electron chi connectivity index (χ2n) is 5.96. The molecule has 0 radical (unpaired) electrons. The molecule has 1 aliphatic heterocycles. The molecule has 132 valence electrons. The second-order valence-corrected chi connectivity index (χ2v) is 5.96. The van der Waals surface area contributed by atoms with E-state index < -0.39 is 29.0 Å². The van der Waals surface area contributed by atoms with Crippen molar-refractivity contribution >= 4 is 17.4 Å². The van der Waals surface area contributed by atoms with E-state index in [1.165, 1.54) is 18.9 Å². The third-order valence-electron chi connectivity index (χ3n) is 4.18. The first kappa shape index (κ1) is 17.3. The van der Waals surface area contributed by atoms with Crippen LogP contribution in [0.2, 0.25) is 0 Å². The third kappa shape index (κ3) is 3.92. The van der Waals surface area contributed by atoms with Crippen LogP contribution in [0.4, 0.5) is 24.7 Å². The van der Waals surface area contributed by atoms with Gasteiger partial charge in [-0.15, -0.1) is 0 Å². The summed E-state index contributed by atoms with van der Waals surface area (Å²) in [6.07, 6.45) is 4.48. The number of aromatic nitrogens is 1. The minimum atomic E-state index is -1.62. The SMILES string of the molecule is O=C(Nc1ccc(F)c(F)c1F)c1cccc(N2CCCCCC2)n1. The maximum Gasteiger partial charge on any atom is 0.274 e. The maximum atomic E-state index is 13.7. The fourth-order valence-corrected chi connectivity index (χ4v) is 2.83. The molecule has 0 saturated carbocycles. The van der Waals surface area contributed by atoms with Gasteiger partial charge in [0.1, 0.15) is 11.5 Å². The van der Waals surface area contributed by atoms with Crippen molar-refractivity contribution in [2.45, 2.75) is 25.7 Å². The summed E-state index contributed by atoms with van der Waals surface area (Å²) in [7, 11) is 0. The standard InChI is InChI=1S/C18H18F3N3O/c19-12-8-9-13(17(21)16(12)20)23-18(25)14-6-5-7-15(22-14)24-10-3-1-2-4-11-24/h5-9H,1-4,10-11H2,(H,23,25). The summed E-state index contributed by atoms with van der Waals surface area (Å²) < 4.78 is 39.9. The van der Waals surface area contributed by atoms with Crippen LogP contribution in [-0.4, -0.2) is 24.0 Å². The van der Waals surface area contributed by atoms with Gasteiger partial charge in [-0.3, -0.25) is 4.79 Å². The molecule has 2 aromatic rings. The van der Waals surface area contributed by atoms with Crippen molar-refractivity contribution in [3.63, 3.8) is 0 Å². The molecule has 3 rings (SSSR count). The Morgan fingerprint density at radius 1 is 0.960 bits per heavy atom. The molecule has 1 fully saturated rings. The smallest absolute Gasteiger partial charge is 0.274 e. The number of amides is 1. The lowest BCUT2D eigenvalue weighted by Crippen LogP contribution is -2.26. The maximum absolute atomic E-state index is 13.7. The molecular weight excluding hydrogens is 331 g/mol. The Hall–Kier alpha value is -2.57. The zero-order chi connectivity index (χ0) is 17.8. The van der Waals surface area contributed by atoms with Crippen LogP contribution < -0.4 is 10.2 Å². The third-order valence-corrected chi connectivity index (χ3v) is 4.18. The second kappa shape index (κ2) is 7.55. The van der Waals surface area contributed by atoms with Gasteiger partial charge in [0, 0.05) is 13.1 Å².